The molecule has 0 saturated carbocycles. The Morgan fingerprint density at radius 1 is 1.36 bits per heavy atom. The zero-order chi connectivity index (χ0) is 20.1. The molecular formula is C21H24FN3O3. The van der Waals surface area contributed by atoms with Crippen LogP contribution in [0.5, 0.6) is 0 Å². The lowest BCUT2D eigenvalue weighted by Gasteiger charge is -2.32. The summed E-state index contributed by atoms with van der Waals surface area (Å²) in [7, 11) is 0. The Morgan fingerprint density at radius 3 is 2.82 bits per heavy atom. The van der Waals surface area contributed by atoms with Crippen molar-refractivity contribution in [2.24, 2.45) is 5.92 Å². The predicted octanol–water partition coefficient (Wildman–Crippen LogP) is 3.13. The average Bonchev–Trinajstić information content (AvgIpc) is 2.85. The molecule has 2 heterocycles. The third-order valence-corrected chi connectivity index (χ3v) is 5.04. The van der Waals surface area contributed by atoms with Gasteiger partial charge in [0.15, 0.2) is 0 Å². The van der Waals surface area contributed by atoms with Crippen molar-refractivity contribution in [3.63, 3.8) is 0 Å². The van der Waals surface area contributed by atoms with Gasteiger partial charge in [-0.15, -0.1) is 0 Å². The van der Waals surface area contributed by atoms with Crippen molar-refractivity contribution in [2.45, 2.75) is 39.5 Å². The summed E-state index contributed by atoms with van der Waals surface area (Å²) in [5.74, 6) is -1.33. The van der Waals surface area contributed by atoms with Gasteiger partial charge in [0.05, 0.1) is 31.2 Å². The quantitative estimate of drug-likeness (QED) is 0.829. The monoisotopic (exact) mass is 385 g/mol. The minimum absolute atomic E-state index is 0.00896. The normalized spacial score (nSPS) is 17.5. The van der Waals surface area contributed by atoms with Gasteiger partial charge in [-0.1, -0.05) is 50.6 Å². The van der Waals surface area contributed by atoms with E-state index in [4.69, 9.17) is 4.74 Å². The number of ether oxygens (including phenoxy) is 1. The highest BCUT2D eigenvalue weighted by Crippen LogP contribution is 2.28. The standard InChI is InChI=1S/C21H24FN3O3/c1-3-14(2)20-21(27)24-18-10-23-9-17(22)16(18)11-25(20)19(26)13-28-12-15-7-5-4-6-8-15/h4-10,14,20H,3,11-13H2,1-2H3,(H,24,27)/t14-,20-/m0/s1. The number of hydrogen-bond acceptors (Lipinski definition) is 4. The van der Waals surface area contributed by atoms with E-state index in [2.05, 4.69) is 10.3 Å². The number of hydrogen-bond donors (Lipinski definition) is 1. The number of nitrogens with one attached hydrogen (secondary N) is 1. The van der Waals surface area contributed by atoms with Crippen molar-refractivity contribution in [1.29, 1.82) is 0 Å². The first-order valence-electron chi connectivity index (χ1n) is 9.35. The van der Waals surface area contributed by atoms with E-state index in [0.717, 1.165) is 11.8 Å². The summed E-state index contributed by atoms with van der Waals surface area (Å²) in [4.78, 5) is 30.9. The van der Waals surface area contributed by atoms with Crippen molar-refractivity contribution in [3.8, 4) is 0 Å². The molecule has 1 aromatic carbocycles. The predicted molar refractivity (Wildman–Crippen MR) is 103 cm³/mol. The van der Waals surface area contributed by atoms with Crippen LogP contribution in [0.2, 0.25) is 0 Å². The third kappa shape index (κ3) is 4.36. The molecular weight excluding hydrogens is 361 g/mol. The van der Waals surface area contributed by atoms with E-state index in [1.165, 1.54) is 11.1 Å². The molecule has 0 fully saturated rings. The van der Waals surface area contributed by atoms with Crippen molar-refractivity contribution >= 4 is 17.5 Å². The molecule has 1 N–H and O–H groups in total. The molecule has 28 heavy (non-hydrogen) atoms. The van der Waals surface area contributed by atoms with E-state index >= 15 is 0 Å². The Morgan fingerprint density at radius 2 is 2.11 bits per heavy atom. The van der Waals surface area contributed by atoms with Gasteiger partial charge < -0.3 is 15.0 Å². The number of benzene rings is 1. The zero-order valence-electron chi connectivity index (χ0n) is 16.0. The SMILES string of the molecule is CC[C@H](C)[C@H]1C(=O)Nc2cncc(F)c2CN1C(=O)COCc1ccccc1. The molecule has 6 nitrogen and oxygen atoms in total. The van der Waals surface area contributed by atoms with Crippen LogP contribution in [0.4, 0.5) is 10.1 Å². The summed E-state index contributed by atoms with van der Waals surface area (Å²) >= 11 is 0. The fraction of sp³-hybridized carbons (Fsp3) is 0.381. The molecule has 2 aromatic rings. The van der Waals surface area contributed by atoms with Gasteiger partial charge in [-0.3, -0.25) is 14.6 Å². The molecule has 0 bridgehead atoms. The number of halogens is 1. The summed E-state index contributed by atoms with van der Waals surface area (Å²) in [5.41, 5.74) is 1.51. The molecule has 1 aliphatic heterocycles. The maximum Gasteiger partial charge on any atom is 0.249 e. The molecule has 0 spiro atoms. The number of carbonyl (C=O) groups excluding carboxylic acids is 2. The minimum atomic E-state index is -0.704. The summed E-state index contributed by atoms with van der Waals surface area (Å²) in [6.07, 6.45) is 3.19. The van der Waals surface area contributed by atoms with Crippen LogP contribution in [0.1, 0.15) is 31.4 Å². The Hall–Kier alpha value is -2.80. The second kappa shape index (κ2) is 8.93. The van der Waals surface area contributed by atoms with Gasteiger partial charge in [-0.05, 0) is 11.5 Å². The van der Waals surface area contributed by atoms with Crippen LogP contribution < -0.4 is 5.32 Å². The first-order valence-corrected chi connectivity index (χ1v) is 9.35. The van der Waals surface area contributed by atoms with Crippen LogP contribution in [-0.4, -0.2) is 34.3 Å². The lowest BCUT2D eigenvalue weighted by Crippen LogP contribution is -2.50. The van der Waals surface area contributed by atoms with E-state index in [0.29, 0.717) is 12.1 Å². The van der Waals surface area contributed by atoms with Crippen molar-refractivity contribution < 1.29 is 18.7 Å². The second-order valence-electron chi connectivity index (χ2n) is 6.97. The van der Waals surface area contributed by atoms with Crippen molar-refractivity contribution in [1.82, 2.24) is 9.88 Å². The van der Waals surface area contributed by atoms with Crippen molar-refractivity contribution in [2.75, 3.05) is 11.9 Å². The number of amides is 2. The molecule has 0 aliphatic carbocycles. The zero-order valence-corrected chi connectivity index (χ0v) is 16.0. The Kier molecular flexibility index (Phi) is 6.36. The van der Waals surface area contributed by atoms with Gasteiger partial charge in [0.1, 0.15) is 18.5 Å². The average molecular weight is 385 g/mol. The molecule has 3 rings (SSSR count). The molecule has 0 radical (unpaired) electrons. The third-order valence-electron chi connectivity index (χ3n) is 5.04. The van der Waals surface area contributed by atoms with Crippen LogP contribution in [0, 0.1) is 11.7 Å². The smallest absolute Gasteiger partial charge is 0.249 e. The Labute approximate surface area is 163 Å². The molecule has 0 saturated heterocycles. The van der Waals surface area contributed by atoms with E-state index in [9.17, 15) is 14.0 Å². The number of pyridine rings is 1. The summed E-state index contributed by atoms with van der Waals surface area (Å²) < 4.78 is 19.9. The molecule has 148 valence electrons. The van der Waals surface area contributed by atoms with Gasteiger partial charge in [0.25, 0.3) is 0 Å². The number of nitrogens with zero attached hydrogens (tertiary/aromatic N) is 2. The first-order chi connectivity index (χ1) is 13.5. The maximum atomic E-state index is 14.3. The van der Waals surface area contributed by atoms with E-state index in [1.807, 2.05) is 44.2 Å². The van der Waals surface area contributed by atoms with Crippen LogP contribution >= 0.6 is 0 Å². The lowest BCUT2D eigenvalue weighted by atomic mass is 9.96. The number of fused-ring (bicyclic) bond motifs is 1. The summed E-state index contributed by atoms with van der Waals surface area (Å²) in [5, 5.41) is 2.72. The number of carbonyl (C=O) groups is 2. The largest absolute Gasteiger partial charge is 0.367 e. The van der Waals surface area contributed by atoms with Gasteiger partial charge in [-0.2, -0.15) is 0 Å². The fourth-order valence-electron chi connectivity index (χ4n) is 3.29. The molecule has 1 aromatic heterocycles. The molecule has 0 unspecified atom stereocenters. The van der Waals surface area contributed by atoms with Crippen LogP contribution in [0.3, 0.4) is 0 Å². The van der Waals surface area contributed by atoms with Gasteiger partial charge >= 0.3 is 0 Å². The minimum Gasteiger partial charge on any atom is -0.367 e. The van der Waals surface area contributed by atoms with E-state index in [-0.39, 0.29) is 43.1 Å². The van der Waals surface area contributed by atoms with Gasteiger partial charge in [-0.25, -0.2) is 4.39 Å². The Bertz CT molecular complexity index is 844. The number of anilines is 1. The number of rotatable bonds is 6. The van der Waals surface area contributed by atoms with Crippen LogP contribution in [-0.2, 0) is 27.5 Å². The second-order valence-corrected chi connectivity index (χ2v) is 6.97. The fourth-order valence-corrected chi connectivity index (χ4v) is 3.29. The summed E-state index contributed by atoms with van der Waals surface area (Å²) in [6, 6.07) is 8.81. The Balaban J connectivity index is 1.80. The van der Waals surface area contributed by atoms with E-state index < -0.39 is 11.9 Å². The van der Waals surface area contributed by atoms with Crippen LogP contribution in [0.25, 0.3) is 0 Å². The molecule has 1 aliphatic rings. The van der Waals surface area contributed by atoms with Gasteiger partial charge in [0, 0.05) is 5.56 Å². The molecule has 2 amide bonds. The maximum absolute atomic E-state index is 14.3. The molecule has 7 heteroatoms. The molecule has 2 atom stereocenters. The lowest BCUT2D eigenvalue weighted by molar-refractivity contribution is -0.145. The highest BCUT2D eigenvalue weighted by atomic mass is 19.1. The van der Waals surface area contributed by atoms with Crippen LogP contribution in [0.15, 0.2) is 42.7 Å². The highest BCUT2D eigenvalue weighted by molar-refractivity contribution is 5.99. The highest BCUT2D eigenvalue weighted by Gasteiger charge is 2.37. The summed E-state index contributed by atoms with van der Waals surface area (Å²) in [6.45, 7) is 3.95. The van der Waals surface area contributed by atoms with Crippen molar-refractivity contribution in [3.05, 3.63) is 59.7 Å². The van der Waals surface area contributed by atoms with E-state index in [1.54, 1.807) is 0 Å². The number of aromatic nitrogens is 1. The first kappa shape index (κ1) is 19.9. The topological polar surface area (TPSA) is 71.5 Å². The van der Waals surface area contributed by atoms with Gasteiger partial charge in [0.2, 0.25) is 11.8 Å².